The molecule has 3 rings (SSSR count). The Hall–Kier alpha value is -1.80. The highest BCUT2D eigenvalue weighted by Crippen LogP contribution is 2.21. The summed E-state index contributed by atoms with van der Waals surface area (Å²) in [5.74, 6) is 0.390. The maximum Gasteiger partial charge on any atom is 0.273 e. The van der Waals surface area contributed by atoms with Crippen molar-refractivity contribution in [2.45, 2.75) is 39.2 Å². The van der Waals surface area contributed by atoms with Crippen LogP contribution >= 0.6 is 11.3 Å². The zero-order chi connectivity index (χ0) is 17.1. The van der Waals surface area contributed by atoms with Crippen LogP contribution in [0.3, 0.4) is 0 Å². The van der Waals surface area contributed by atoms with E-state index in [-0.39, 0.29) is 11.8 Å². The first-order valence-electron chi connectivity index (χ1n) is 8.33. The topological polar surface area (TPSA) is 77.9 Å². The number of nitrogens with zero attached hydrogens (tertiary/aromatic N) is 4. The normalized spacial score (nSPS) is 22.4. The smallest absolute Gasteiger partial charge is 0.273 e. The summed E-state index contributed by atoms with van der Waals surface area (Å²) in [6.07, 6.45) is 3.23. The Bertz CT molecular complexity index is 657. The van der Waals surface area contributed by atoms with Gasteiger partial charge in [0.2, 0.25) is 5.91 Å². The van der Waals surface area contributed by atoms with Crippen LogP contribution < -0.4 is 5.32 Å². The average Bonchev–Trinajstić information content (AvgIpc) is 2.97. The minimum atomic E-state index is -0.276. The molecule has 8 heteroatoms. The average molecular weight is 349 g/mol. The molecule has 2 aliphatic rings. The van der Waals surface area contributed by atoms with Gasteiger partial charge in [-0.05, 0) is 25.3 Å². The molecule has 1 atom stereocenters. The molecule has 2 aliphatic heterocycles. The van der Waals surface area contributed by atoms with Gasteiger partial charge in [-0.1, -0.05) is 6.92 Å². The summed E-state index contributed by atoms with van der Waals surface area (Å²) in [7, 11) is 1.57. The summed E-state index contributed by atoms with van der Waals surface area (Å²) < 4.78 is 0. The number of anilines is 1. The van der Waals surface area contributed by atoms with E-state index in [9.17, 15) is 9.59 Å². The monoisotopic (exact) mass is 349 g/mol. The number of carbonyl (C=O) groups is 2. The molecule has 1 saturated heterocycles. The predicted molar refractivity (Wildman–Crippen MR) is 93.9 cm³/mol. The molecule has 1 aromatic rings. The maximum atomic E-state index is 12.2. The zero-order valence-electron chi connectivity index (χ0n) is 14.1. The number of piperidine rings is 1. The number of amides is 2. The van der Waals surface area contributed by atoms with Crippen molar-refractivity contribution in [1.82, 2.24) is 14.9 Å². The molecule has 0 spiro atoms. The largest absolute Gasteiger partial charge is 0.297 e. The number of hydrazone groups is 1. The van der Waals surface area contributed by atoms with Crippen LogP contribution in [0.25, 0.3) is 0 Å². The van der Waals surface area contributed by atoms with E-state index >= 15 is 0 Å². The van der Waals surface area contributed by atoms with Crippen molar-refractivity contribution in [3.63, 3.8) is 0 Å². The summed E-state index contributed by atoms with van der Waals surface area (Å²) in [4.78, 5) is 30.6. The number of nitrogens with one attached hydrogen (secondary N) is 1. The Labute approximate surface area is 145 Å². The van der Waals surface area contributed by atoms with E-state index < -0.39 is 0 Å². The van der Waals surface area contributed by atoms with Crippen LogP contribution in [-0.2, 0) is 16.1 Å². The second-order valence-electron chi connectivity index (χ2n) is 6.54. The molecule has 1 fully saturated rings. The fraction of sp³-hybridized carbons (Fsp3) is 0.625. The van der Waals surface area contributed by atoms with Gasteiger partial charge in [0.25, 0.3) is 5.91 Å². The molecule has 0 bridgehead atoms. The van der Waals surface area contributed by atoms with Crippen molar-refractivity contribution in [1.29, 1.82) is 0 Å². The van der Waals surface area contributed by atoms with Gasteiger partial charge in [0.05, 0.1) is 5.69 Å². The molecule has 1 unspecified atom stereocenters. The summed E-state index contributed by atoms with van der Waals surface area (Å²) in [5.41, 5.74) is 1.36. The number of hydrogen-bond donors (Lipinski definition) is 1. The third-order valence-electron chi connectivity index (χ3n) is 4.37. The molecular weight excluding hydrogens is 326 g/mol. The molecule has 0 aliphatic carbocycles. The van der Waals surface area contributed by atoms with Crippen molar-refractivity contribution < 1.29 is 9.59 Å². The Balaban J connectivity index is 1.57. The van der Waals surface area contributed by atoms with Gasteiger partial charge in [-0.3, -0.25) is 19.8 Å². The Kier molecular flexibility index (Phi) is 5.25. The highest BCUT2D eigenvalue weighted by molar-refractivity contribution is 7.14. The third-order valence-corrected chi connectivity index (χ3v) is 5.17. The molecular formula is C16H23N5O2S. The first kappa shape index (κ1) is 17.0. The Morgan fingerprint density at radius 3 is 3.04 bits per heavy atom. The quantitative estimate of drug-likeness (QED) is 0.901. The van der Waals surface area contributed by atoms with E-state index in [2.05, 4.69) is 27.2 Å². The molecule has 0 radical (unpaired) electrons. The van der Waals surface area contributed by atoms with E-state index in [1.54, 1.807) is 7.05 Å². The standard InChI is InChI=1S/C16H23N5O2S/c1-11-4-3-7-21(8-11)9-12-10-24-16(17-12)18-15(23)13-5-6-14(22)20(2)19-13/h10-11H,3-9H2,1-2H3,(H,17,18,23). The SMILES string of the molecule is CC1CCCN(Cc2csc(NC(=O)C3=NN(C)C(=O)CC3)n2)C1. The van der Waals surface area contributed by atoms with Crippen molar-refractivity contribution in [2.75, 3.05) is 25.5 Å². The number of rotatable bonds is 4. The molecule has 24 heavy (non-hydrogen) atoms. The number of thiazole rings is 1. The van der Waals surface area contributed by atoms with Crippen LogP contribution in [0.2, 0.25) is 0 Å². The lowest BCUT2D eigenvalue weighted by atomic mass is 10.0. The van der Waals surface area contributed by atoms with Gasteiger partial charge in [0.1, 0.15) is 5.71 Å². The van der Waals surface area contributed by atoms with E-state index in [0.29, 0.717) is 23.7 Å². The fourth-order valence-electron chi connectivity index (χ4n) is 3.10. The first-order chi connectivity index (χ1) is 11.5. The van der Waals surface area contributed by atoms with E-state index in [1.165, 1.54) is 29.2 Å². The number of carbonyl (C=O) groups excluding carboxylic acids is 2. The van der Waals surface area contributed by atoms with Crippen LogP contribution in [0.1, 0.15) is 38.3 Å². The number of likely N-dealkylation sites (tertiary alicyclic amines) is 1. The molecule has 1 aromatic heterocycles. The minimum absolute atomic E-state index is 0.0705. The predicted octanol–water partition coefficient (Wildman–Crippen LogP) is 1.92. The molecule has 130 valence electrons. The molecule has 3 heterocycles. The second-order valence-corrected chi connectivity index (χ2v) is 7.40. The number of hydrogen-bond acceptors (Lipinski definition) is 6. The molecule has 7 nitrogen and oxygen atoms in total. The lowest BCUT2D eigenvalue weighted by Gasteiger charge is -2.30. The van der Waals surface area contributed by atoms with Gasteiger partial charge >= 0.3 is 0 Å². The molecule has 0 saturated carbocycles. The maximum absolute atomic E-state index is 12.2. The minimum Gasteiger partial charge on any atom is -0.297 e. The zero-order valence-corrected chi connectivity index (χ0v) is 14.9. The van der Waals surface area contributed by atoms with Crippen molar-refractivity contribution >= 4 is 34.0 Å². The van der Waals surface area contributed by atoms with Crippen molar-refractivity contribution in [3.05, 3.63) is 11.1 Å². The molecule has 2 amide bonds. The Morgan fingerprint density at radius 2 is 2.29 bits per heavy atom. The summed E-state index contributed by atoms with van der Waals surface area (Å²) in [6.45, 7) is 5.33. The van der Waals surface area contributed by atoms with Gasteiger partial charge in [0.15, 0.2) is 5.13 Å². The van der Waals surface area contributed by atoms with Gasteiger partial charge in [-0.15, -0.1) is 11.3 Å². The van der Waals surface area contributed by atoms with E-state index in [0.717, 1.165) is 31.2 Å². The van der Waals surface area contributed by atoms with Crippen LogP contribution in [0.5, 0.6) is 0 Å². The van der Waals surface area contributed by atoms with Crippen LogP contribution in [-0.4, -0.2) is 52.6 Å². The van der Waals surface area contributed by atoms with Crippen LogP contribution in [0.15, 0.2) is 10.5 Å². The van der Waals surface area contributed by atoms with Gasteiger partial charge in [-0.25, -0.2) is 9.99 Å². The first-order valence-corrected chi connectivity index (χ1v) is 9.21. The highest BCUT2D eigenvalue weighted by Gasteiger charge is 2.23. The van der Waals surface area contributed by atoms with E-state index in [1.807, 2.05) is 5.38 Å². The highest BCUT2D eigenvalue weighted by atomic mass is 32.1. The number of aromatic nitrogens is 1. The van der Waals surface area contributed by atoms with Gasteiger partial charge in [0, 0.05) is 38.4 Å². The van der Waals surface area contributed by atoms with Gasteiger partial charge < -0.3 is 0 Å². The Morgan fingerprint density at radius 1 is 1.46 bits per heavy atom. The van der Waals surface area contributed by atoms with Gasteiger partial charge in [-0.2, -0.15) is 5.10 Å². The second kappa shape index (κ2) is 7.40. The van der Waals surface area contributed by atoms with Crippen LogP contribution in [0, 0.1) is 5.92 Å². The van der Waals surface area contributed by atoms with Crippen LogP contribution in [0.4, 0.5) is 5.13 Å². The van der Waals surface area contributed by atoms with Crippen molar-refractivity contribution in [2.24, 2.45) is 11.0 Å². The molecule has 0 aromatic carbocycles. The lowest BCUT2D eigenvalue weighted by Crippen LogP contribution is -2.34. The lowest BCUT2D eigenvalue weighted by molar-refractivity contribution is -0.130. The summed E-state index contributed by atoms with van der Waals surface area (Å²) in [6, 6.07) is 0. The third kappa shape index (κ3) is 4.18. The van der Waals surface area contributed by atoms with Crippen molar-refractivity contribution in [3.8, 4) is 0 Å². The fourth-order valence-corrected chi connectivity index (χ4v) is 3.80. The summed E-state index contributed by atoms with van der Waals surface area (Å²) >= 11 is 1.43. The molecule has 1 N–H and O–H groups in total. The van der Waals surface area contributed by atoms with E-state index in [4.69, 9.17) is 0 Å². The summed E-state index contributed by atoms with van der Waals surface area (Å²) in [5, 5.41) is 10.6.